The first-order valence-corrected chi connectivity index (χ1v) is 7.41. The van der Waals surface area contributed by atoms with Gasteiger partial charge in [-0.05, 0) is 38.5 Å². The lowest BCUT2D eigenvalue weighted by atomic mass is 9.81. The van der Waals surface area contributed by atoms with Gasteiger partial charge >= 0.3 is 6.18 Å². The van der Waals surface area contributed by atoms with Crippen LogP contribution in [-0.4, -0.2) is 25.7 Å². The fraction of sp³-hybridized carbons (Fsp3) is 0.867. The predicted octanol–water partition coefficient (Wildman–Crippen LogP) is 4.31. The predicted molar refractivity (Wildman–Crippen MR) is 70.1 cm³/mol. The Kier molecular flexibility index (Phi) is 5.49. The molecule has 1 aliphatic carbocycles. The highest BCUT2D eigenvalue weighted by atomic mass is 19.4. The van der Waals surface area contributed by atoms with Gasteiger partial charge in [0.15, 0.2) is 6.29 Å². The smallest absolute Gasteiger partial charge is 0.352 e. The normalized spacial score (nSPS) is 35.8. The maximum Gasteiger partial charge on any atom is 0.391 e. The molecule has 1 saturated heterocycles. The van der Waals surface area contributed by atoms with Crippen LogP contribution in [0.25, 0.3) is 0 Å². The van der Waals surface area contributed by atoms with Crippen molar-refractivity contribution < 1.29 is 22.6 Å². The molecule has 0 N–H and O–H groups in total. The average Bonchev–Trinajstić information content (AvgIpc) is 2.45. The van der Waals surface area contributed by atoms with Crippen molar-refractivity contribution in [2.45, 2.75) is 51.0 Å². The largest absolute Gasteiger partial charge is 0.391 e. The van der Waals surface area contributed by atoms with Crippen LogP contribution < -0.4 is 0 Å². The number of alkyl halides is 3. The summed E-state index contributed by atoms with van der Waals surface area (Å²) in [6.07, 6.45) is 0.978. The summed E-state index contributed by atoms with van der Waals surface area (Å²) in [5.41, 5.74) is 0. The Hall–Kier alpha value is -0.550. The fourth-order valence-corrected chi connectivity index (χ4v) is 3.07. The molecule has 2 nitrogen and oxygen atoms in total. The summed E-state index contributed by atoms with van der Waals surface area (Å²) in [6, 6.07) is 0. The van der Waals surface area contributed by atoms with Gasteiger partial charge in [-0.3, -0.25) is 0 Å². The zero-order chi connectivity index (χ0) is 14.6. The van der Waals surface area contributed by atoms with Crippen molar-refractivity contribution in [3.05, 3.63) is 12.7 Å². The molecule has 0 spiro atoms. The van der Waals surface area contributed by atoms with Crippen molar-refractivity contribution in [2.75, 3.05) is 13.2 Å². The molecule has 0 radical (unpaired) electrons. The van der Waals surface area contributed by atoms with Gasteiger partial charge in [0.05, 0.1) is 19.1 Å². The molecule has 0 atom stereocenters. The van der Waals surface area contributed by atoms with Crippen LogP contribution in [0, 0.1) is 17.8 Å². The van der Waals surface area contributed by atoms with E-state index in [0.717, 1.165) is 12.8 Å². The molecule has 0 aromatic rings. The minimum Gasteiger partial charge on any atom is -0.352 e. The lowest BCUT2D eigenvalue weighted by molar-refractivity contribution is -0.238. The van der Waals surface area contributed by atoms with Crippen LogP contribution in [0.5, 0.6) is 0 Å². The summed E-state index contributed by atoms with van der Waals surface area (Å²) in [7, 11) is 0. The molecule has 0 bridgehead atoms. The first-order chi connectivity index (χ1) is 9.50. The van der Waals surface area contributed by atoms with E-state index in [9.17, 15) is 13.2 Å². The van der Waals surface area contributed by atoms with E-state index in [4.69, 9.17) is 9.47 Å². The number of ether oxygens (including phenoxy) is 2. The molecule has 1 aliphatic heterocycles. The second-order valence-corrected chi connectivity index (χ2v) is 5.92. The van der Waals surface area contributed by atoms with Crippen molar-refractivity contribution in [1.82, 2.24) is 0 Å². The Morgan fingerprint density at radius 1 is 1.05 bits per heavy atom. The van der Waals surface area contributed by atoms with Crippen LogP contribution in [0.1, 0.15) is 38.5 Å². The van der Waals surface area contributed by atoms with E-state index in [2.05, 4.69) is 6.58 Å². The number of hydrogen-bond donors (Lipinski definition) is 0. The number of rotatable bonds is 4. The van der Waals surface area contributed by atoms with Crippen LogP contribution in [0.4, 0.5) is 13.2 Å². The van der Waals surface area contributed by atoms with Crippen molar-refractivity contribution in [3.63, 3.8) is 0 Å². The van der Waals surface area contributed by atoms with Crippen LogP contribution >= 0.6 is 0 Å². The molecular formula is C15H23F3O2. The summed E-state index contributed by atoms with van der Waals surface area (Å²) in [5.74, 6) is -0.632. The van der Waals surface area contributed by atoms with E-state index in [1.165, 1.54) is 0 Å². The third kappa shape index (κ3) is 4.22. The Morgan fingerprint density at radius 3 is 2.15 bits per heavy atom. The van der Waals surface area contributed by atoms with Crippen molar-refractivity contribution >= 4 is 0 Å². The number of halogens is 3. The van der Waals surface area contributed by atoms with Gasteiger partial charge in [0.2, 0.25) is 0 Å². The molecule has 0 aromatic carbocycles. The fourth-order valence-electron chi connectivity index (χ4n) is 3.07. The van der Waals surface area contributed by atoms with Crippen LogP contribution in [-0.2, 0) is 9.47 Å². The van der Waals surface area contributed by atoms with E-state index in [0.29, 0.717) is 32.0 Å². The van der Waals surface area contributed by atoms with Gasteiger partial charge in [0.1, 0.15) is 0 Å². The molecule has 5 heteroatoms. The van der Waals surface area contributed by atoms with Gasteiger partial charge < -0.3 is 9.47 Å². The van der Waals surface area contributed by atoms with Crippen molar-refractivity contribution in [3.8, 4) is 0 Å². The number of allylic oxidation sites excluding steroid dienone is 1. The van der Waals surface area contributed by atoms with Crippen LogP contribution in [0.2, 0.25) is 0 Å². The molecule has 2 aliphatic rings. The Bertz CT molecular complexity index is 301. The van der Waals surface area contributed by atoms with Gasteiger partial charge in [-0.25, -0.2) is 0 Å². The summed E-state index contributed by atoms with van der Waals surface area (Å²) >= 11 is 0. The van der Waals surface area contributed by atoms with Crippen molar-refractivity contribution in [1.29, 1.82) is 0 Å². The second kappa shape index (κ2) is 6.94. The molecule has 0 unspecified atom stereocenters. The van der Waals surface area contributed by atoms with Crippen molar-refractivity contribution in [2.24, 2.45) is 17.8 Å². The second-order valence-electron chi connectivity index (χ2n) is 5.92. The summed E-state index contributed by atoms with van der Waals surface area (Å²) in [5, 5.41) is 0. The average molecular weight is 292 g/mol. The minimum atomic E-state index is -4.05. The summed E-state index contributed by atoms with van der Waals surface area (Å²) < 4.78 is 49.2. The third-order valence-electron chi connectivity index (χ3n) is 4.39. The Labute approximate surface area is 118 Å². The molecule has 1 saturated carbocycles. The Morgan fingerprint density at radius 2 is 1.65 bits per heavy atom. The molecule has 20 heavy (non-hydrogen) atoms. The zero-order valence-electron chi connectivity index (χ0n) is 11.7. The highest BCUT2D eigenvalue weighted by Crippen LogP contribution is 2.41. The van der Waals surface area contributed by atoms with Gasteiger partial charge in [0.25, 0.3) is 0 Å². The molecular weight excluding hydrogens is 269 g/mol. The highest BCUT2D eigenvalue weighted by Gasteiger charge is 2.43. The Balaban J connectivity index is 1.72. The molecule has 0 aromatic heterocycles. The molecule has 0 amide bonds. The first kappa shape index (κ1) is 15.8. The summed E-state index contributed by atoms with van der Waals surface area (Å²) in [4.78, 5) is 0. The first-order valence-electron chi connectivity index (χ1n) is 7.41. The quantitative estimate of drug-likeness (QED) is 0.719. The third-order valence-corrected chi connectivity index (χ3v) is 4.39. The standard InChI is InChI=1S/C15H23F3O2/c1-2-3-4-11-9-19-14(20-10-11)12-5-7-13(8-6-12)15(16,17)18/h2,11-14H,1,3-10H2. The van der Waals surface area contributed by atoms with E-state index < -0.39 is 12.1 Å². The van der Waals surface area contributed by atoms with Gasteiger partial charge in [-0.15, -0.1) is 6.58 Å². The maximum atomic E-state index is 12.6. The lowest BCUT2D eigenvalue weighted by Crippen LogP contribution is -2.39. The summed E-state index contributed by atoms with van der Waals surface area (Å²) in [6.45, 7) is 4.99. The van der Waals surface area contributed by atoms with Gasteiger partial charge in [0, 0.05) is 11.8 Å². The molecule has 1 heterocycles. The van der Waals surface area contributed by atoms with E-state index >= 15 is 0 Å². The molecule has 116 valence electrons. The van der Waals surface area contributed by atoms with E-state index in [1.807, 2.05) is 6.08 Å². The van der Waals surface area contributed by atoms with Gasteiger partial charge in [-0.1, -0.05) is 6.08 Å². The van der Waals surface area contributed by atoms with E-state index in [-0.39, 0.29) is 25.0 Å². The molecule has 2 fully saturated rings. The molecule has 2 rings (SSSR count). The SMILES string of the molecule is C=CCCC1COC(C2CCC(C(F)(F)F)CC2)OC1. The lowest BCUT2D eigenvalue weighted by Gasteiger charge is -2.37. The minimum absolute atomic E-state index is 0.119. The van der Waals surface area contributed by atoms with E-state index in [1.54, 1.807) is 0 Å². The van der Waals surface area contributed by atoms with Crippen LogP contribution in [0.3, 0.4) is 0 Å². The van der Waals surface area contributed by atoms with Crippen LogP contribution in [0.15, 0.2) is 12.7 Å². The maximum absolute atomic E-state index is 12.6. The topological polar surface area (TPSA) is 18.5 Å². The highest BCUT2D eigenvalue weighted by molar-refractivity contribution is 4.80. The number of hydrogen-bond acceptors (Lipinski definition) is 2. The zero-order valence-corrected chi connectivity index (χ0v) is 11.7. The van der Waals surface area contributed by atoms with Gasteiger partial charge in [-0.2, -0.15) is 13.2 Å². The monoisotopic (exact) mass is 292 g/mol.